The summed E-state index contributed by atoms with van der Waals surface area (Å²) in [5.74, 6) is 0. The van der Waals surface area contributed by atoms with Crippen molar-refractivity contribution in [1.82, 2.24) is 14.2 Å². The molecule has 2 fully saturated rings. The average molecular weight is 512 g/mol. The largest absolute Gasteiger partial charge is 0.326 e. The van der Waals surface area contributed by atoms with Crippen LogP contribution in [0.25, 0.3) is 11.1 Å². The molecule has 1 aliphatic heterocycles. The van der Waals surface area contributed by atoms with Crippen LogP contribution in [0.15, 0.2) is 18.2 Å². The van der Waals surface area contributed by atoms with Crippen molar-refractivity contribution in [2.75, 3.05) is 27.2 Å². The number of carbonyl (C=O) groups is 1. The third-order valence-electron chi connectivity index (χ3n) is 5.74. The monoisotopic (exact) mass is 510 g/mol. The van der Waals surface area contributed by atoms with E-state index in [0.29, 0.717) is 33.1 Å². The predicted octanol–water partition coefficient (Wildman–Crippen LogP) is 4.60. The van der Waals surface area contributed by atoms with E-state index in [1.54, 1.807) is 12.1 Å². The summed E-state index contributed by atoms with van der Waals surface area (Å²) in [5.41, 5.74) is 10.2. The number of halogens is 2. The molecule has 180 valence electrons. The maximum Gasteiger partial charge on any atom is 0.152 e. The Hall–Kier alpha value is -1.35. The second-order valence-corrected chi connectivity index (χ2v) is 11.3. The number of hydrogen-bond donors (Lipinski definition) is 1. The Balaban J connectivity index is 0.000000252. The van der Waals surface area contributed by atoms with E-state index in [1.165, 1.54) is 25.7 Å². The van der Waals surface area contributed by atoms with Crippen LogP contribution < -0.4 is 5.73 Å². The number of nitrogens with two attached hydrogens (primary N) is 1. The molecule has 2 N–H and O–H groups in total. The fourth-order valence-electron chi connectivity index (χ4n) is 3.96. The van der Waals surface area contributed by atoms with Gasteiger partial charge < -0.3 is 10.6 Å². The first-order chi connectivity index (χ1) is 15.8. The van der Waals surface area contributed by atoms with Crippen LogP contribution in [0.1, 0.15) is 53.0 Å². The van der Waals surface area contributed by atoms with E-state index in [9.17, 15) is 9.00 Å². The molecule has 2 heterocycles. The molecule has 1 saturated carbocycles. The Morgan fingerprint density at radius 3 is 2.42 bits per heavy atom. The molecule has 6 nitrogen and oxygen atoms in total. The number of rotatable bonds is 7. The molecule has 1 aliphatic carbocycles. The molecule has 4 rings (SSSR count). The number of hydrogen-bond acceptors (Lipinski definition) is 5. The van der Waals surface area contributed by atoms with Gasteiger partial charge in [0.25, 0.3) is 0 Å². The van der Waals surface area contributed by atoms with Gasteiger partial charge in [0.15, 0.2) is 6.29 Å². The number of carbonyl (C=O) groups excluding carboxylic acids is 1. The van der Waals surface area contributed by atoms with Crippen LogP contribution in [-0.2, 0) is 24.1 Å². The molecule has 9 heteroatoms. The number of aryl methyl sites for hydroxylation is 1. The van der Waals surface area contributed by atoms with E-state index in [4.69, 9.17) is 28.9 Å². The van der Waals surface area contributed by atoms with E-state index >= 15 is 0 Å². The molecular formula is C24H32Cl2N4O2S. The van der Waals surface area contributed by atoms with Crippen LogP contribution in [0.5, 0.6) is 0 Å². The van der Waals surface area contributed by atoms with Crippen molar-refractivity contribution in [3.05, 3.63) is 50.8 Å². The lowest BCUT2D eigenvalue weighted by molar-refractivity contribution is 0.112. The van der Waals surface area contributed by atoms with Gasteiger partial charge in [-0.25, -0.2) is 8.51 Å². The van der Waals surface area contributed by atoms with Crippen LogP contribution in [0.3, 0.4) is 0 Å². The van der Waals surface area contributed by atoms with Crippen molar-refractivity contribution in [2.45, 2.75) is 50.9 Å². The Morgan fingerprint density at radius 2 is 1.91 bits per heavy atom. The minimum Gasteiger partial charge on any atom is -0.326 e. The fraction of sp³-hybridized carbons (Fsp3) is 0.500. The summed E-state index contributed by atoms with van der Waals surface area (Å²) in [6.45, 7) is 4.86. The number of aromatic nitrogens is 1. The molecule has 0 amide bonds. The highest BCUT2D eigenvalue weighted by Gasteiger charge is 2.33. The quantitative estimate of drug-likeness (QED) is 0.550. The summed E-state index contributed by atoms with van der Waals surface area (Å²) in [5, 5.41) is 1.56. The highest BCUT2D eigenvalue weighted by molar-refractivity contribution is 7.83. The molecule has 33 heavy (non-hydrogen) atoms. The maximum atomic E-state index is 11.8. The van der Waals surface area contributed by atoms with Crippen molar-refractivity contribution < 1.29 is 9.00 Å². The van der Waals surface area contributed by atoms with Gasteiger partial charge in [-0.2, -0.15) is 0 Å². The van der Waals surface area contributed by atoms with E-state index < -0.39 is 11.0 Å². The highest BCUT2D eigenvalue weighted by Crippen LogP contribution is 2.36. The zero-order valence-corrected chi connectivity index (χ0v) is 21.8. The summed E-state index contributed by atoms with van der Waals surface area (Å²) in [6, 6.07) is 5.22. The van der Waals surface area contributed by atoms with E-state index in [-0.39, 0.29) is 6.54 Å². The van der Waals surface area contributed by atoms with Gasteiger partial charge in [0.05, 0.1) is 16.7 Å². The third kappa shape index (κ3) is 6.62. The summed E-state index contributed by atoms with van der Waals surface area (Å²) >= 11 is 12.3. The smallest absolute Gasteiger partial charge is 0.152 e. The molecule has 0 bridgehead atoms. The van der Waals surface area contributed by atoms with E-state index in [2.05, 4.69) is 9.29 Å². The normalized spacial score (nSPS) is 17.1. The fourth-order valence-corrected chi connectivity index (χ4v) is 6.05. The van der Waals surface area contributed by atoms with Crippen LogP contribution in [0.2, 0.25) is 10.0 Å². The Labute approximate surface area is 209 Å². The molecule has 1 saturated heterocycles. The molecule has 0 radical (unpaired) electrons. The molecular weight excluding hydrogens is 479 g/mol. The summed E-state index contributed by atoms with van der Waals surface area (Å²) in [4.78, 5) is 18.3. The third-order valence-corrected chi connectivity index (χ3v) is 8.20. The standard InChI is InChI=1S/C17H19Cl2N3O.C7H13NOS/c1-10-13(7-20)17(12-5-4-11(18)6-15(12)19)14(9-23)16(21-10)8-22(2)3;9-10(7-3-4-7)8-5-1-2-6-8/h4-6,9H,7-8,20H2,1-3H3;7H,1-6H2. The minimum absolute atomic E-state index is 0.274. The number of nitrogens with zero attached hydrogens (tertiary/aromatic N) is 3. The van der Waals surface area contributed by atoms with Gasteiger partial charge in [0, 0.05) is 63.9 Å². The summed E-state index contributed by atoms with van der Waals surface area (Å²) in [6.07, 6.45) is 5.72. The summed E-state index contributed by atoms with van der Waals surface area (Å²) in [7, 11) is 3.25. The van der Waals surface area contributed by atoms with E-state index in [0.717, 1.165) is 41.8 Å². The Kier molecular flexibility index (Phi) is 9.44. The zero-order valence-electron chi connectivity index (χ0n) is 19.4. The van der Waals surface area contributed by atoms with E-state index in [1.807, 2.05) is 32.0 Å². The predicted molar refractivity (Wildman–Crippen MR) is 137 cm³/mol. The van der Waals surface area contributed by atoms with Crippen LogP contribution in [0, 0.1) is 6.92 Å². The molecule has 1 unspecified atom stereocenters. The van der Waals surface area contributed by atoms with Gasteiger partial charge in [-0.05, 0) is 64.4 Å². The van der Waals surface area contributed by atoms with Gasteiger partial charge >= 0.3 is 0 Å². The van der Waals surface area contributed by atoms with Crippen molar-refractivity contribution in [1.29, 1.82) is 0 Å². The molecule has 1 aromatic carbocycles. The Bertz CT molecular complexity index is 1020. The van der Waals surface area contributed by atoms with Crippen LogP contribution >= 0.6 is 23.2 Å². The van der Waals surface area contributed by atoms with Gasteiger partial charge in [-0.1, -0.05) is 29.3 Å². The Morgan fingerprint density at radius 1 is 1.24 bits per heavy atom. The van der Waals surface area contributed by atoms with Crippen molar-refractivity contribution in [2.24, 2.45) is 5.73 Å². The number of aldehydes is 1. The van der Waals surface area contributed by atoms with Crippen molar-refractivity contribution in [3.63, 3.8) is 0 Å². The lowest BCUT2D eigenvalue weighted by Gasteiger charge is -2.19. The lowest BCUT2D eigenvalue weighted by atomic mass is 9.92. The van der Waals surface area contributed by atoms with Crippen molar-refractivity contribution in [3.8, 4) is 11.1 Å². The first-order valence-electron chi connectivity index (χ1n) is 11.2. The maximum absolute atomic E-state index is 11.8. The second-order valence-electron chi connectivity index (χ2n) is 8.71. The van der Waals surface area contributed by atoms with Gasteiger partial charge in [-0.15, -0.1) is 0 Å². The SMILES string of the molecule is Cc1nc(CN(C)C)c(C=O)c(-c2ccc(Cl)cc2Cl)c1CN.O=S(C1CC1)N1CCCC1. The zero-order chi connectivity index (χ0) is 24.1. The minimum atomic E-state index is -0.603. The molecule has 1 aromatic heterocycles. The number of pyridine rings is 1. The van der Waals surface area contributed by atoms with Crippen molar-refractivity contribution >= 4 is 40.5 Å². The number of benzene rings is 1. The topological polar surface area (TPSA) is 79.5 Å². The average Bonchev–Trinajstić information content (AvgIpc) is 3.47. The molecule has 2 aliphatic rings. The second kappa shape index (κ2) is 11.9. The molecule has 0 spiro atoms. The summed E-state index contributed by atoms with van der Waals surface area (Å²) < 4.78 is 13.6. The van der Waals surface area contributed by atoms with Gasteiger partial charge in [0.1, 0.15) is 0 Å². The highest BCUT2D eigenvalue weighted by atomic mass is 35.5. The van der Waals surface area contributed by atoms with Crippen LogP contribution in [0.4, 0.5) is 0 Å². The lowest BCUT2D eigenvalue weighted by Crippen LogP contribution is -2.24. The van der Waals surface area contributed by atoms with Crippen LogP contribution in [-0.4, -0.2) is 57.1 Å². The first kappa shape index (κ1) is 26.3. The molecule has 2 aromatic rings. The first-order valence-corrected chi connectivity index (χ1v) is 13.1. The van der Waals surface area contributed by atoms with Gasteiger partial charge in [0.2, 0.25) is 0 Å². The molecule has 1 atom stereocenters. The van der Waals surface area contributed by atoms with Gasteiger partial charge in [-0.3, -0.25) is 9.78 Å².